The number of ketones is 1. The van der Waals surface area contributed by atoms with Gasteiger partial charge in [-0.1, -0.05) is 0 Å². The zero-order valence-electron chi connectivity index (χ0n) is 12.7. The van der Waals surface area contributed by atoms with E-state index in [2.05, 4.69) is 18.7 Å². The molecule has 1 aromatic heterocycles. The van der Waals surface area contributed by atoms with Crippen LogP contribution in [0.25, 0.3) is 0 Å². The van der Waals surface area contributed by atoms with Gasteiger partial charge >= 0.3 is 0 Å². The molecule has 1 saturated heterocycles. The fourth-order valence-electron chi connectivity index (χ4n) is 2.88. The molecule has 116 valence electrons. The van der Waals surface area contributed by atoms with E-state index in [0.29, 0.717) is 5.69 Å². The Morgan fingerprint density at radius 1 is 1.33 bits per heavy atom. The van der Waals surface area contributed by atoms with Crippen molar-refractivity contribution >= 4 is 39.6 Å². The monoisotopic (exact) mass is 326 g/mol. The first kappa shape index (κ1) is 15.2. The van der Waals surface area contributed by atoms with Gasteiger partial charge < -0.3 is 15.4 Å². The molecule has 0 unspecified atom stereocenters. The Labute approximate surface area is 134 Å². The predicted molar refractivity (Wildman–Crippen MR) is 89.8 cm³/mol. The van der Waals surface area contributed by atoms with Crippen LogP contribution in [0.4, 0.5) is 10.7 Å². The van der Waals surface area contributed by atoms with Gasteiger partial charge in [0.2, 0.25) is 0 Å². The molecule has 2 N–H and O–H groups in total. The minimum absolute atomic E-state index is 0.203. The quantitative estimate of drug-likeness (QED) is 0.680. The molecule has 21 heavy (non-hydrogen) atoms. The fraction of sp³-hybridized carbons (Fsp3) is 0.667. The molecule has 2 aliphatic rings. The van der Waals surface area contributed by atoms with Crippen molar-refractivity contribution in [2.24, 2.45) is 5.92 Å². The lowest BCUT2D eigenvalue weighted by Crippen LogP contribution is -2.45. The highest BCUT2D eigenvalue weighted by atomic mass is 32.2. The van der Waals surface area contributed by atoms with E-state index in [9.17, 15) is 4.79 Å². The second-order valence-corrected chi connectivity index (χ2v) is 7.80. The number of carbonyl (C=O) groups excluding carboxylic acids is 1. The third kappa shape index (κ3) is 2.94. The van der Waals surface area contributed by atoms with Crippen LogP contribution in [-0.2, 0) is 4.74 Å². The summed E-state index contributed by atoms with van der Waals surface area (Å²) in [4.78, 5) is 16.6. The molecular weight excluding hydrogens is 304 g/mol. The molecule has 0 bridgehead atoms. The van der Waals surface area contributed by atoms with Gasteiger partial charge in [-0.2, -0.15) is 0 Å². The van der Waals surface area contributed by atoms with Crippen molar-refractivity contribution in [2.45, 2.75) is 43.8 Å². The smallest absolute Gasteiger partial charge is 0.178 e. The maximum atomic E-state index is 12.4. The highest BCUT2D eigenvalue weighted by molar-refractivity contribution is 7.99. The summed E-state index contributed by atoms with van der Waals surface area (Å²) in [5, 5.41) is 1.14. The number of carbonyl (C=O) groups is 1. The predicted octanol–water partition coefficient (Wildman–Crippen LogP) is 3.26. The molecule has 2 fully saturated rings. The van der Waals surface area contributed by atoms with Crippen LogP contribution >= 0.6 is 23.1 Å². The fourth-order valence-corrected chi connectivity index (χ4v) is 5.10. The van der Waals surface area contributed by atoms with Gasteiger partial charge in [0.15, 0.2) is 5.78 Å². The molecule has 1 aliphatic heterocycles. The number of hydrogen-bond donors (Lipinski definition) is 1. The summed E-state index contributed by atoms with van der Waals surface area (Å²) < 4.78 is 5.80. The van der Waals surface area contributed by atoms with Crippen LogP contribution in [0.1, 0.15) is 36.4 Å². The number of Topliss-reactive ketones (excluding diaryl/α,β-unsaturated/α-hetero) is 1. The number of thioether (sulfide) groups is 1. The van der Waals surface area contributed by atoms with Gasteiger partial charge in [-0.05, 0) is 32.9 Å². The number of nitrogen functional groups attached to an aromatic ring is 1. The molecule has 4 nitrogen and oxygen atoms in total. The summed E-state index contributed by atoms with van der Waals surface area (Å²) in [5.74, 6) is 0.462. The van der Waals surface area contributed by atoms with Crippen LogP contribution < -0.4 is 10.6 Å². The molecule has 0 radical (unpaired) electrons. The van der Waals surface area contributed by atoms with E-state index in [1.54, 1.807) is 23.1 Å². The number of hydrogen-bond acceptors (Lipinski definition) is 6. The molecule has 2 atom stereocenters. The first-order valence-corrected chi connectivity index (χ1v) is 9.46. The Morgan fingerprint density at radius 2 is 1.95 bits per heavy atom. The van der Waals surface area contributed by atoms with Gasteiger partial charge in [0.25, 0.3) is 0 Å². The standard InChI is InChI=1S/C15H22N2O2S2/c1-8-6-17(7-9(2)19-8)15-14(20-3)11(16)13(21-15)12(18)10-4-5-10/h8-10H,4-7,16H2,1-3H3/t8-,9+. The maximum absolute atomic E-state index is 12.4. The Bertz CT molecular complexity index is 544. The van der Waals surface area contributed by atoms with Crippen LogP contribution in [0.15, 0.2) is 4.90 Å². The normalized spacial score (nSPS) is 26.1. The van der Waals surface area contributed by atoms with E-state index in [1.165, 1.54) is 0 Å². The molecule has 1 aliphatic carbocycles. The number of ether oxygens (including phenoxy) is 1. The minimum Gasteiger partial charge on any atom is -0.396 e. The molecule has 6 heteroatoms. The van der Waals surface area contributed by atoms with E-state index in [0.717, 1.165) is 40.7 Å². The Balaban J connectivity index is 1.93. The van der Waals surface area contributed by atoms with Crippen molar-refractivity contribution in [1.29, 1.82) is 0 Å². The molecule has 0 spiro atoms. The van der Waals surface area contributed by atoms with Gasteiger partial charge in [0.05, 0.1) is 27.7 Å². The lowest BCUT2D eigenvalue weighted by molar-refractivity contribution is -0.00513. The van der Waals surface area contributed by atoms with Crippen LogP contribution in [0.5, 0.6) is 0 Å². The van der Waals surface area contributed by atoms with E-state index >= 15 is 0 Å². The SMILES string of the molecule is CSc1c(N2C[C@@H](C)O[C@@H](C)C2)sc(C(=O)C2CC2)c1N. The highest BCUT2D eigenvalue weighted by Crippen LogP contribution is 2.47. The van der Waals surface area contributed by atoms with E-state index < -0.39 is 0 Å². The van der Waals surface area contributed by atoms with Crippen LogP contribution in [0, 0.1) is 5.92 Å². The lowest BCUT2D eigenvalue weighted by atomic mass is 10.2. The maximum Gasteiger partial charge on any atom is 0.178 e. The topological polar surface area (TPSA) is 55.6 Å². The summed E-state index contributed by atoms with van der Waals surface area (Å²) in [6.07, 6.45) is 4.47. The summed E-state index contributed by atoms with van der Waals surface area (Å²) in [6.45, 7) is 5.90. The van der Waals surface area contributed by atoms with Gasteiger partial charge in [0.1, 0.15) is 5.00 Å². The molecule has 1 aromatic rings. The number of nitrogens with zero attached hydrogens (tertiary/aromatic N) is 1. The largest absolute Gasteiger partial charge is 0.396 e. The van der Waals surface area contributed by atoms with Gasteiger partial charge in [-0.15, -0.1) is 23.1 Å². The average molecular weight is 326 g/mol. The van der Waals surface area contributed by atoms with Crippen molar-refractivity contribution in [2.75, 3.05) is 30.0 Å². The average Bonchev–Trinajstić information content (AvgIpc) is 3.21. The first-order chi connectivity index (χ1) is 10.0. The van der Waals surface area contributed by atoms with Crippen molar-refractivity contribution in [1.82, 2.24) is 0 Å². The number of rotatable bonds is 4. The number of nitrogens with two attached hydrogens (primary N) is 1. The number of thiophene rings is 1. The number of morpholine rings is 1. The molecule has 0 amide bonds. The lowest BCUT2D eigenvalue weighted by Gasteiger charge is -2.36. The highest BCUT2D eigenvalue weighted by Gasteiger charge is 2.35. The summed E-state index contributed by atoms with van der Waals surface area (Å²) in [7, 11) is 0. The van der Waals surface area contributed by atoms with Crippen molar-refractivity contribution < 1.29 is 9.53 Å². The van der Waals surface area contributed by atoms with E-state index in [1.807, 2.05) is 6.26 Å². The van der Waals surface area contributed by atoms with Gasteiger partial charge in [-0.25, -0.2) is 0 Å². The molecule has 2 heterocycles. The second-order valence-electron chi connectivity index (χ2n) is 5.98. The van der Waals surface area contributed by atoms with E-state index in [-0.39, 0.29) is 23.9 Å². The van der Waals surface area contributed by atoms with Crippen molar-refractivity contribution in [3.05, 3.63) is 4.88 Å². The van der Waals surface area contributed by atoms with Crippen molar-refractivity contribution in [3.63, 3.8) is 0 Å². The molecule has 0 aromatic carbocycles. The van der Waals surface area contributed by atoms with Crippen molar-refractivity contribution in [3.8, 4) is 0 Å². The Kier molecular flexibility index (Phi) is 4.21. The molecular formula is C15H22N2O2S2. The minimum atomic E-state index is 0.203. The second kappa shape index (κ2) is 5.82. The zero-order valence-corrected chi connectivity index (χ0v) is 14.4. The summed E-state index contributed by atoms with van der Waals surface area (Å²) in [5.41, 5.74) is 6.95. The third-order valence-electron chi connectivity index (χ3n) is 3.97. The first-order valence-electron chi connectivity index (χ1n) is 7.42. The van der Waals surface area contributed by atoms with Gasteiger partial charge in [0, 0.05) is 19.0 Å². The Morgan fingerprint density at radius 3 is 2.48 bits per heavy atom. The Hall–Kier alpha value is -0.720. The molecule has 3 rings (SSSR count). The van der Waals surface area contributed by atoms with Crippen LogP contribution in [0.2, 0.25) is 0 Å². The van der Waals surface area contributed by atoms with E-state index in [4.69, 9.17) is 10.5 Å². The van der Waals surface area contributed by atoms with Gasteiger partial charge in [-0.3, -0.25) is 4.79 Å². The zero-order chi connectivity index (χ0) is 15.1. The van der Waals surface area contributed by atoms with Crippen LogP contribution in [0.3, 0.4) is 0 Å². The third-order valence-corrected chi connectivity index (χ3v) is 6.20. The molecule has 1 saturated carbocycles. The summed E-state index contributed by atoms with van der Waals surface area (Å²) >= 11 is 3.21. The van der Waals surface area contributed by atoms with Crippen LogP contribution in [-0.4, -0.2) is 37.3 Å². The summed E-state index contributed by atoms with van der Waals surface area (Å²) in [6, 6.07) is 0. The number of anilines is 2.